The molecular formula is C15H13NOS. The third kappa shape index (κ3) is 2.15. The Morgan fingerprint density at radius 1 is 1.11 bits per heavy atom. The molecule has 2 nitrogen and oxygen atoms in total. The summed E-state index contributed by atoms with van der Waals surface area (Å²) in [6, 6.07) is 13.9. The first kappa shape index (κ1) is 11.4. The molecule has 1 aromatic carbocycles. The Balaban J connectivity index is 1.98. The summed E-state index contributed by atoms with van der Waals surface area (Å²) in [5, 5.41) is 13.4. The van der Waals surface area contributed by atoms with Gasteiger partial charge < -0.3 is 5.11 Å². The van der Waals surface area contributed by atoms with Crippen LogP contribution in [0.25, 0.3) is 10.9 Å². The molecule has 3 aromatic rings. The Bertz CT molecular complexity index is 643. The molecule has 0 aliphatic rings. The molecule has 1 unspecified atom stereocenters. The lowest BCUT2D eigenvalue weighted by Crippen LogP contribution is -2.01. The molecule has 1 N–H and O–H groups in total. The molecule has 18 heavy (non-hydrogen) atoms. The van der Waals surface area contributed by atoms with Gasteiger partial charge in [-0.1, -0.05) is 24.3 Å². The lowest BCUT2D eigenvalue weighted by Gasteiger charge is -2.12. The van der Waals surface area contributed by atoms with Crippen LogP contribution in [0.4, 0.5) is 0 Å². The van der Waals surface area contributed by atoms with Crippen LogP contribution in [0.5, 0.6) is 0 Å². The fourth-order valence-electron chi connectivity index (χ4n) is 2.14. The summed E-state index contributed by atoms with van der Waals surface area (Å²) >= 11 is 1.68. The van der Waals surface area contributed by atoms with E-state index in [0.29, 0.717) is 6.42 Å². The third-order valence-electron chi connectivity index (χ3n) is 3.02. The van der Waals surface area contributed by atoms with Gasteiger partial charge in [-0.25, -0.2) is 0 Å². The quantitative estimate of drug-likeness (QED) is 0.776. The maximum Gasteiger partial charge on any atom is 0.0845 e. The summed E-state index contributed by atoms with van der Waals surface area (Å²) in [6.07, 6.45) is 1.94. The Morgan fingerprint density at radius 3 is 2.83 bits per heavy atom. The van der Waals surface area contributed by atoms with Crippen LogP contribution < -0.4 is 0 Å². The Kier molecular flexibility index (Phi) is 3.09. The highest BCUT2D eigenvalue weighted by molar-refractivity contribution is 7.09. The fourth-order valence-corrected chi connectivity index (χ4v) is 2.88. The smallest absolute Gasteiger partial charge is 0.0845 e. The van der Waals surface area contributed by atoms with Gasteiger partial charge in [0.05, 0.1) is 11.6 Å². The van der Waals surface area contributed by atoms with Gasteiger partial charge >= 0.3 is 0 Å². The van der Waals surface area contributed by atoms with Crippen LogP contribution in [0, 0.1) is 0 Å². The van der Waals surface area contributed by atoms with E-state index >= 15 is 0 Å². The van der Waals surface area contributed by atoms with Crippen LogP contribution in [0.1, 0.15) is 16.5 Å². The molecule has 3 heteroatoms. The van der Waals surface area contributed by atoms with E-state index in [9.17, 15) is 5.11 Å². The minimum Gasteiger partial charge on any atom is -0.388 e. The van der Waals surface area contributed by atoms with E-state index in [1.165, 1.54) is 4.88 Å². The van der Waals surface area contributed by atoms with Crippen molar-refractivity contribution >= 4 is 22.2 Å². The number of aliphatic hydroxyl groups is 1. The van der Waals surface area contributed by atoms with E-state index in [1.807, 2.05) is 41.8 Å². The van der Waals surface area contributed by atoms with E-state index in [2.05, 4.69) is 11.1 Å². The van der Waals surface area contributed by atoms with Crippen molar-refractivity contribution in [1.82, 2.24) is 4.98 Å². The Hall–Kier alpha value is -1.71. The first-order chi connectivity index (χ1) is 8.84. The predicted octanol–water partition coefficient (Wildman–Crippen LogP) is 3.57. The molecule has 0 aliphatic carbocycles. The van der Waals surface area contributed by atoms with Gasteiger partial charge in [-0.05, 0) is 29.1 Å². The Morgan fingerprint density at radius 2 is 2.00 bits per heavy atom. The SMILES string of the molecule is OC(Cc1cccs1)c1ccnc2ccccc12. The number of aromatic nitrogens is 1. The minimum atomic E-state index is -0.475. The molecule has 0 spiro atoms. The van der Waals surface area contributed by atoms with Gasteiger partial charge in [0.25, 0.3) is 0 Å². The van der Waals surface area contributed by atoms with E-state index in [4.69, 9.17) is 0 Å². The summed E-state index contributed by atoms with van der Waals surface area (Å²) in [7, 11) is 0. The monoisotopic (exact) mass is 255 g/mol. The first-order valence-corrected chi connectivity index (χ1v) is 6.76. The number of pyridine rings is 1. The summed E-state index contributed by atoms with van der Waals surface area (Å²) in [5.74, 6) is 0. The second-order valence-electron chi connectivity index (χ2n) is 4.22. The van der Waals surface area contributed by atoms with E-state index in [-0.39, 0.29) is 0 Å². The Labute approximate surface area is 110 Å². The average Bonchev–Trinajstić information content (AvgIpc) is 2.91. The van der Waals surface area contributed by atoms with Crippen molar-refractivity contribution in [2.75, 3.05) is 0 Å². The topological polar surface area (TPSA) is 33.1 Å². The van der Waals surface area contributed by atoms with Crippen LogP contribution in [-0.2, 0) is 6.42 Å². The van der Waals surface area contributed by atoms with Crippen molar-refractivity contribution in [2.45, 2.75) is 12.5 Å². The number of nitrogens with zero attached hydrogens (tertiary/aromatic N) is 1. The molecule has 2 aromatic heterocycles. The van der Waals surface area contributed by atoms with Crippen molar-refractivity contribution in [2.24, 2.45) is 0 Å². The van der Waals surface area contributed by atoms with Crippen LogP contribution in [-0.4, -0.2) is 10.1 Å². The van der Waals surface area contributed by atoms with Crippen molar-refractivity contribution in [1.29, 1.82) is 0 Å². The molecule has 1 atom stereocenters. The molecule has 0 saturated carbocycles. The van der Waals surface area contributed by atoms with Gasteiger partial charge in [0.2, 0.25) is 0 Å². The highest BCUT2D eigenvalue weighted by Crippen LogP contribution is 2.26. The van der Waals surface area contributed by atoms with E-state index in [0.717, 1.165) is 16.5 Å². The van der Waals surface area contributed by atoms with Gasteiger partial charge in [-0.15, -0.1) is 11.3 Å². The summed E-state index contributed by atoms with van der Waals surface area (Å²) < 4.78 is 0. The maximum atomic E-state index is 10.4. The standard InChI is InChI=1S/C15H13NOS/c17-15(10-11-4-3-9-18-11)13-7-8-16-14-6-2-1-5-12(13)14/h1-9,15,17H,10H2. The molecule has 0 bridgehead atoms. The summed E-state index contributed by atoms with van der Waals surface area (Å²) in [6.45, 7) is 0. The van der Waals surface area contributed by atoms with Gasteiger partial charge in [0.15, 0.2) is 0 Å². The number of thiophene rings is 1. The van der Waals surface area contributed by atoms with Crippen LogP contribution in [0.2, 0.25) is 0 Å². The molecule has 3 rings (SSSR count). The molecule has 0 aliphatic heterocycles. The third-order valence-corrected chi connectivity index (χ3v) is 3.92. The van der Waals surface area contributed by atoms with Crippen molar-refractivity contribution in [3.05, 3.63) is 64.5 Å². The number of fused-ring (bicyclic) bond motifs is 1. The second kappa shape index (κ2) is 4.88. The first-order valence-electron chi connectivity index (χ1n) is 5.89. The largest absolute Gasteiger partial charge is 0.388 e. The molecule has 2 heterocycles. The summed E-state index contributed by atoms with van der Waals surface area (Å²) in [4.78, 5) is 5.51. The van der Waals surface area contributed by atoms with Crippen LogP contribution >= 0.6 is 11.3 Å². The maximum absolute atomic E-state index is 10.4. The summed E-state index contributed by atoms with van der Waals surface area (Å²) in [5.41, 5.74) is 1.88. The lowest BCUT2D eigenvalue weighted by atomic mass is 10.0. The predicted molar refractivity (Wildman–Crippen MR) is 74.7 cm³/mol. The molecule has 0 saturated heterocycles. The van der Waals surface area contributed by atoms with Crippen LogP contribution in [0.3, 0.4) is 0 Å². The van der Waals surface area contributed by atoms with Crippen LogP contribution in [0.15, 0.2) is 54.0 Å². The zero-order valence-corrected chi connectivity index (χ0v) is 10.6. The average molecular weight is 255 g/mol. The lowest BCUT2D eigenvalue weighted by molar-refractivity contribution is 0.181. The van der Waals surface area contributed by atoms with Gasteiger partial charge in [0.1, 0.15) is 0 Å². The second-order valence-corrected chi connectivity index (χ2v) is 5.25. The van der Waals surface area contributed by atoms with Crippen molar-refractivity contribution in [3.63, 3.8) is 0 Å². The van der Waals surface area contributed by atoms with Crippen molar-refractivity contribution < 1.29 is 5.11 Å². The molecular weight excluding hydrogens is 242 g/mol. The number of aliphatic hydroxyl groups excluding tert-OH is 1. The van der Waals surface area contributed by atoms with E-state index < -0.39 is 6.10 Å². The highest BCUT2D eigenvalue weighted by atomic mass is 32.1. The van der Waals surface area contributed by atoms with Crippen molar-refractivity contribution in [3.8, 4) is 0 Å². The van der Waals surface area contributed by atoms with Gasteiger partial charge in [-0.3, -0.25) is 4.98 Å². The highest BCUT2D eigenvalue weighted by Gasteiger charge is 2.12. The number of hydrogen-bond donors (Lipinski definition) is 1. The fraction of sp³-hybridized carbons (Fsp3) is 0.133. The normalized spacial score (nSPS) is 12.7. The number of para-hydroxylation sites is 1. The number of benzene rings is 1. The zero-order chi connectivity index (χ0) is 12.4. The minimum absolute atomic E-state index is 0.475. The zero-order valence-electron chi connectivity index (χ0n) is 9.78. The van der Waals surface area contributed by atoms with E-state index in [1.54, 1.807) is 17.5 Å². The molecule has 0 amide bonds. The number of rotatable bonds is 3. The van der Waals surface area contributed by atoms with Gasteiger partial charge in [0, 0.05) is 22.9 Å². The molecule has 0 radical (unpaired) electrons. The number of hydrogen-bond acceptors (Lipinski definition) is 3. The molecule has 90 valence electrons. The van der Waals surface area contributed by atoms with Gasteiger partial charge in [-0.2, -0.15) is 0 Å². The molecule has 0 fully saturated rings.